The summed E-state index contributed by atoms with van der Waals surface area (Å²) < 4.78 is 3.94. The van der Waals surface area contributed by atoms with E-state index in [1.165, 1.54) is 0 Å². The Bertz CT molecular complexity index is 1050. The van der Waals surface area contributed by atoms with Crippen LogP contribution in [0.3, 0.4) is 0 Å². The monoisotopic (exact) mass is 503 g/mol. The number of amides is 1. The second kappa shape index (κ2) is 8.45. The van der Waals surface area contributed by atoms with E-state index in [9.17, 15) is 4.79 Å². The van der Waals surface area contributed by atoms with Crippen molar-refractivity contribution in [2.24, 2.45) is 0 Å². The van der Waals surface area contributed by atoms with E-state index < -0.39 is 6.04 Å². The Hall–Kier alpha value is -1.54. The van der Waals surface area contributed by atoms with Gasteiger partial charge >= 0.3 is 0 Å². The lowest BCUT2D eigenvalue weighted by Crippen LogP contribution is -2.25. The van der Waals surface area contributed by atoms with Crippen molar-refractivity contribution in [3.05, 3.63) is 60.9 Å². The van der Waals surface area contributed by atoms with Crippen LogP contribution in [0.4, 0.5) is 5.82 Å². The Kier molecular flexibility index (Phi) is 6.39. The van der Waals surface area contributed by atoms with Crippen LogP contribution in [0.25, 0.3) is 0 Å². The van der Waals surface area contributed by atoms with E-state index >= 15 is 0 Å². The van der Waals surface area contributed by atoms with Crippen LogP contribution in [-0.2, 0) is 11.3 Å². The van der Waals surface area contributed by atoms with Gasteiger partial charge in [0.2, 0.25) is 5.91 Å². The van der Waals surface area contributed by atoms with Crippen molar-refractivity contribution >= 4 is 62.5 Å². The number of rotatable bonds is 5. The Morgan fingerprint density at radius 2 is 1.96 bits per heavy atom. The number of aryl methyl sites for hydroxylation is 1. The molecule has 0 aliphatic carbocycles. The molecule has 3 aromatic rings. The Balaban J connectivity index is 1.75. The van der Waals surface area contributed by atoms with Crippen molar-refractivity contribution in [1.29, 1.82) is 0 Å². The zero-order chi connectivity index (χ0) is 20.6. The van der Waals surface area contributed by atoms with E-state index in [4.69, 9.17) is 34.8 Å². The van der Waals surface area contributed by atoms with Gasteiger partial charge in [0.15, 0.2) is 5.82 Å². The molecule has 1 unspecified atom stereocenters. The van der Waals surface area contributed by atoms with Crippen LogP contribution in [0.5, 0.6) is 0 Å². The van der Waals surface area contributed by atoms with Gasteiger partial charge in [-0.15, -0.1) is 0 Å². The first kappa shape index (κ1) is 21.2. The van der Waals surface area contributed by atoms with Gasteiger partial charge in [-0.05, 0) is 54.4 Å². The van der Waals surface area contributed by atoms with Gasteiger partial charge in [-0.3, -0.25) is 14.2 Å². The number of carbonyl (C=O) groups excluding carboxylic acids is 1. The topological polar surface area (TPSA) is 64.7 Å². The van der Waals surface area contributed by atoms with Gasteiger partial charge in [0, 0.05) is 16.2 Å². The maximum Gasteiger partial charge on any atom is 0.250 e. The first-order chi connectivity index (χ1) is 13.2. The molecule has 0 radical (unpaired) electrons. The molecule has 28 heavy (non-hydrogen) atoms. The molecule has 0 spiro atoms. The van der Waals surface area contributed by atoms with Gasteiger partial charge in [0.05, 0.1) is 27.4 Å². The molecule has 1 amide bonds. The summed E-state index contributed by atoms with van der Waals surface area (Å²) >= 11 is 21.8. The molecule has 0 bridgehead atoms. The summed E-state index contributed by atoms with van der Waals surface area (Å²) in [6.07, 6.45) is 1.77. The minimum Gasteiger partial charge on any atom is -0.306 e. The maximum atomic E-state index is 12.7. The minimum atomic E-state index is -0.547. The fraction of sp³-hybridized carbons (Fsp3) is 0.278. The second-order valence-corrected chi connectivity index (χ2v) is 8.43. The molecular formula is C18H17BrCl3N5O. The molecule has 6 nitrogen and oxygen atoms in total. The van der Waals surface area contributed by atoms with E-state index in [1.807, 2.05) is 13.0 Å². The van der Waals surface area contributed by atoms with Crippen LogP contribution < -0.4 is 5.32 Å². The standard InChI is InChI=1S/C18H17BrCl3N5O/c1-9-16(22)10(2)27(24-9)11(3)18(28)23-17-14(19)8-26(25-17)7-12-4-5-13(20)6-15(12)21/h4-6,8,11H,7H2,1-3H3,(H,23,25,28). The summed E-state index contributed by atoms with van der Waals surface area (Å²) in [6, 6.07) is 4.74. The number of hydrogen-bond donors (Lipinski definition) is 1. The average molecular weight is 506 g/mol. The summed E-state index contributed by atoms with van der Waals surface area (Å²) in [5.41, 5.74) is 2.29. The van der Waals surface area contributed by atoms with E-state index in [1.54, 1.807) is 41.5 Å². The summed E-state index contributed by atoms with van der Waals surface area (Å²) in [6.45, 7) is 5.82. The number of nitrogens with zero attached hydrogens (tertiary/aromatic N) is 4. The SMILES string of the molecule is Cc1nn(C(C)C(=O)Nc2nn(Cc3ccc(Cl)cc3Cl)cc2Br)c(C)c1Cl. The quantitative estimate of drug-likeness (QED) is 0.486. The average Bonchev–Trinajstić information content (AvgIpc) is 3.10. The molecule has 0 aliphatic heterocycles. The number of halogens is 4. The van der Waals surface area contributed by atoms with Gasteiger partial charge < -0.3 is 5.32 Å². The molecule has 2 aromatic heterocycles. The number of aromatic nitrogens is 4. The van der Waals surface area contributed by atoms with Gasteiger partial charge in [-0.25, -0.2) is 0 Å². The molecule has 1 aromatic carbocycles. The first-order valence-corrected chi connectivity index (χ1v) is 10.3. The van der Waals surface area contributed by atoms with Crippen molar-refractivity contribution in [2.45, 2.75) is 33.4 Å². The summed E-state index contributed by atoms with van der Waals surface area (Å²) in [7, 11) is 0. The lowest BCUT2D eigenvalue weighted by Gasteiger charge is -2.13. The zero-order valence-corrected chi connectivity index (χ0v) is 19.2. The van der Waals surface area contributed by atoms with Crippen LogP contribution in [0, 0.1) is 13.8 Å². The summed E-state index contributed by atoms with van der Waals surface area (Å²) in [5, 5.41) is 13.3. The lowest BCUT2D eigenvalue weighted by atomic mass is 10.2. The molecule has 1 atom stereocenters. The predicted molar refractivity (Wildman–Crippen MR) is 116 cm³/mol. The van der Waals surface area contributed by atoms with Crippen LogP contribution in [0.2, 0.25) is 15.1 Å². The normalized spacial score (nSPS) is 12.2. The highest BCUT2D eigenvalue weighted by atomic mass is 79.9. The highest BCUT2D eigenvalue weighted by molar-refractivity contribution is 9.10. The van der Waals surface area contributed by atoms with Gasteiger partial charge in [-0.1, -0.05) is 40.9 Å². The highest BCUT2D eigenvalue weighted by Gasteiger charge is 2.22. The third-order valence-corrected chi connectivity index (χ3v) is 6.00. The fourth-order valence-electron chi connectivity index (χ4n) is 2.74. The smallest absolute Gasteiger partial charge is 0.250 e. The van der Waals surface area contributed by atoms with Crippen molar-refractivity contribution in [2.75, 3.05) is 5.32 Å². The van der Waals surface area contributed by atoms with Crippen LogP contribution in [0.1, 0.15) is 29.9 Å². The second-order valence-electron chi connectivity index (χ2n) is 6.35. The number of anilines is 1. The minimum absolute atomic E-state index is 0.252. The highest BCUT2D eigenvalue weighted by Crippen LogP contribution is 2.26. The molecular weight excluding hydrogens is 488 g/mol. The van der Waals surface area contributed by atoms with Gasteiger partial charge in [-0.2, -0.15) is 10.2 Å². The van der Waals surface area contributed by atoms with Crippen molar-refractivity contribution < 1.29 is 4.79 Å². The fourth-order valence-corrected chi connectivity index (χ4v) is 3.75. The molecule has 148 valence electrons. The molecule has 1 N–H and O–H groups in total. The van der Waals surface area contributed by atoms with Crippen molar-refractivity contribution in [1.82, 2.24) is 19.6 Å². The third-order valence-electron chi connectivity index (χ3n) is 4.29. The van der Waals surface area contributed by atoms with Crippen molar-refractivity contribution in [3.8, 4) is 0 Å². The Morgan fingerprint density at radius 1 is 1.25 bits per heavy atom. The predicted octanol–water partition coefficient (Wildman–Crippen LogP) is 5.67. The lowest BCUT2D eigenvalue weighted by molar-refractivity contribution is -0.119. The molecule has 10 heteroatoms. The molecule has 0 saturated heterocycles. The largest absolute Gasteiger partial charge is 0.306 e. The molecule has 0 saturated carbocycles. The number of hydrogen-bond acceptors (Lipinski definition) is 3. The summed E-state index contributed by atoms with van der Waals surface area (Å²) in [4.78, 5) is 12.7. The van der Waals surface area contributed by atoms with Crippen LogP contribution >= 0.6 is 50.7 Å². The molecule has 0 aliphatic rings. The van der Waals surface area contributed by atoms with Crippen LogP contribution in [-0.4, -0.2) is 25.5 Å². The van der Waals surface area contributed by atoms with Gasteiger partial charge in [0.1, 0.15) is 6.04 Å². The van der Waals surface area contributed by atoms with E-state index in [0.29, 0.717) is 37.6 Å². The molecule has 0 fully saturated rings. The van der Waals surface area contributed by atoms with E-state index in [-0.39, 0.29) is 5.91 Å². The van der Waals surface area contributed by atoms with Crippen molar-refractivity contribution in [3.63, 3.8) is 0 Å². The van der Waals surface area contributed by atoms with E-state index in [0.717, 1.165) is 11.3 Å². The Morgan fingerprint density at radius 3 is 2.57 bits per heavy atom. The third kappa shape index (κ3) is 4.38. The van der Waals surface area contributed by atoms with E-state index in [2.05, 4.69) is 31.4 Å². The summed E-state index contributed by atoms with van der Waals surface area (Å²) in [5.74, 6) is 0.160. The maximum absolute atomic E-state index is 12.7. The van der Waals surface area contributed by atoms with Crippen LogP contribution in [0.15, 0.2) is 28.9 Å². The van der Waals surface area contributed by atoms with Gasteiger partial charge in [0.25, 0.3) is 0 Å². The number of carbonyl (C=O) groups is 1. The zero-order valence-electron chi connectivity index (χ0n) is 15.3. The first-order valence-electron chi connectivity index (χ1n) is 8.36. The number of nitrogens with one attached hydrogen (secondary N) is 1. The molecule has 2 heterocycles. The number of benzene rings is 1. The Labute approximate surface area is 185 Å². The molecule has 3 rings (SSSR count).